The van der Waals surface area contributed by atoms with Gasteiger partial charge in [-0.25, -0.2) is 5.43 Å². The molecule has 0 radical (unpaired) electrons. The Morgan fingerprint density at radius 3 is 2.60 bits per heavy atom. The van der Waals surface area contributed by atoms with Crippen LogP contribution >= 0.6 is 0 Å². The van der Waals surface area contributed by atoms with Crippen molar-refractivity contribution < 1.29 is 14.5 Å². The zero-order valence-corrected chi connectivity index (χ0v) is 13.4. The second-order valence-corrected chi connectivity index (χ2v) is 5.90. The van der Waals surface area contributed by atoms with Crippen molar-refractivity contribution in [2.75, 3.05) is 0 Å². The van der Waals surface area contributed by atoms with E-state index in [1.165, 1.54) is 12.1 Å². The molecule has 8 nitrogen and oxygen atoms in total. The number of non-ortho nitro benzene ring substituents is 1. The summed E-state index contributed by atoms with van der Waals surface area (Å²) in [6, 6.07) is 13.5. The number of rotatable bonds is 4. The second-order valence-electron chi connectivity index (χ2n) is 5.90. The summed E-state index contributed by atoms with van der Waals surface area (Å²) in [7, 11) is 0. The summed E-state index contributed by atoms with van der Waals surface area (Å²) >= 11 is 0. The molecule has 3 rings (SSSR count). The van der Waals surface area contributed by atoms with Crippen LogP contribution in [0.2, 0.25) is 0 Å². The molecular weight excluding hydrogens is 324 g/mol. The van der Waals surface area contributed by atoms with E-state index in [-0.39, 0.29) is 5.69 Å². The number of hydrogen-bond donors (Lipinski definition) is 3. The molecule has 2 atom stereocenters. The Hall–Kier alpha value is -3.26. The fourth-order valence-corrected chi connectivity index (χ4v) is 2.79. The lowest BCUT2D eigenvalue weighted by atomic mass is 9.85. The van der Waals surface area contributed by atoms with Crippen molar-refractivity contribution in [2.45, 2.75) is 18.5 Å². The maximum atomic E-state index is 12.4. The first-order chi connectivity index (χ1) is 11.9. The molecule has 1 heterocycles. The Bertz CT molecular complexity index is 840. The molecule has 8 heteroatoms. The molecule has 128 valence electrons. The van der Waals surface area contributed by atoms with Crippen LogP contribution in [-0.2, 0) is 10.3 Å². The van der Waals surface area contributed by atoms with Crippen molar-refractivity contribution in [1.29, 1.82) is 0 Å². The SMILES string of the molecule is C[C@@]1(c2cccc([N+](=O)[O-])c2)NNC(=O)[C@H]1NC(=O)c1ccccc1. The van der Waals surface area contributed by atoms with Gasteiger partial charge in [-0.3, -0.25) is 25.1 Å². The van der Waals surface area contributed by atoms with E-state index in [4.69, 9.17) is 0 Å². The van der Waals surface area contributed by atoms with Gasteiger partial charge < -0.3 is 5.32 Å². The highest BCUT2D eigenvalue weighted by Crippen LogP contribution is 2.30. The molecule has 1 aliphatic heterocycles. The number of nitrogens with one attached hydrogen (secondary N) is 3. The molecule has 1 saturated heterocycles. The fraction of sp³-hybridized carbons (Fsp3) is 0.176. The molecular formula is C17H16N4O4. The summed E-state index contributed by atoms with van der Waals surface area (Å²) < 4.78 is 0. The Labute approximate surface area is 143 Å². The minimum Gasteiger partial charge on any atom is -0.338 e. The van der Waals surface area contributed by atoms with Crippen molar-refractivity contribution in [3.63, 3.8) is 0 Å². The molecule has 0 aliphatic carbocycles. The van der Waals surface area contributed by atoms with Gasteiger partial charge >= 0.3 is 0 Å². The molecule has 25 heavy (non-hydrogen) atoms. The average Bonchev–Trinajstić information content (AvgIpc) is 2.92. The molecule has 1 aliphatic rings. The maximum absolute atomic E-state index is 12.4. The van der Waals surface area contributed by atoms with Crippen LogP contribution in [0, 0.1) is 10.1 Å². The lowest BCUT2D eigenvalue weighted by Crippen LogP contribution is -2.52. The van der Waals surface area contributed by atoms with Gasteiger partial charge in [-0.05, 0) is 24.6 Å². The van der Waals surface area contributed by atoms with Gasteiger partial charge in [0.05, 0.1) is 10.5 Å². The monoisotopic (exact) mass is 340 g/mol. The number of nitro groups is 1. The van der Waals surface area contributed by atoms with Crippen LogP contribution in [0.15, 0.2) is 54.6 Å². The molecule has 2 aromatic carbocycles. The molecule has 0 aromatic heterocycles. The Morgan fingerprint density at radius 1 is 1.20 bits per heavy atom. The Balaban J connectivity index is 1.92. The Kier molecular flexibility index (Phi) is 4.20. The summed E-state index contributed by atoms with van der Waals surface area (Å²) in [5, 5.41) is 13.7. The van der Waals surface area contributed by atoms with Gasteiger partial charge in [-0.1, -0.05) is 30.3 Å². The van der Waals surface area contributed by atoms with Crippen LogP contribution in [0.25, 0.3) is 0 Å². The predicted octanol–water partition coefficient (Wildman–Crippen LogP) is 1.24. The molecule has 2 amide bonds. The number of carbonyl (C=O) groups is 2. The van der Waals surface area contributed by atoms with Crippen LogP contribution in [0.1, 0.15) is 22.8 Å². The van der Waals surface area contributed by atoms with Crippen LogP contribution in [-0.4, -0.2) is 22.8 Å². The quantitative estimate of drug-likeness (QED) is 0.572. The summed E-state index contributed by atoms with van der Waals surface area (Å²) in [4.78, 5) is 35.1. The fourth-order valence-electron chi connectivity index (χ4n) is 2.79. The van der Waals surface area contributed by atoms with Crippen LogP contribution < -0.4 is 16.2 Å². The van der Waals surface area contributed by atoms with Crippen LogP contribution in [0.5, 0.6) is 0 Å². The predicted molar refractivity (Wildman–Crippen MR) is 89.4 cm³/mol. The van der Waals surface area contributed by atoms with E-state index >= 15 is 0 Å². The van der Waals surface area contributed by atoms with Crippen LogP contribution in [0.3, 0.4) is 0 Å². The first-order valence-electron chi connectivity index (χ1n) is 7.60. The van der Waals surface area contributed by atoms with E-state index in [0.29, 0.717) is 11.1 Å². The molecule has 0 saturated carbocycles. The van der Waals surface area contributed by atoms with Crippen molar-refractivity contribution in [1.82, 2.24) is 16.2 Å². The zero-order valence-electron chi connectivity index (χ0n) is 13.4. The van der Waals surface area contributed by atoms with E-state index in [1.54, 1.807) is 49.4 Å². The van der Waals surface area contributed by atoms with Gasteiger partial charge in [0.2, 0.25) is 0 Å². The molecule has 1 fully saturated rings. The average molecular weight is 340 g/mol. The van der Waals surface area contributed by atoms with E-state index in [0.717, 1.165) is 0 Å². The summed E-state index contributed by atoms with van der Waals surface area (Å²) in [6.45, 7) is 1.69. The lowest BCUT2D eigenvalue weighted by Gasteiger charge is -2.29. The van der Waals surface area contributed by atoms with Crippen molar-refractivity contribution in [3.05, 3.63) is 75.8 Å². The van der Waals surface area contributed by atoms with Gasteiger partial charge in [0.1, 0.15) is 6.04 Å². The van der Waals surface area contributed by atoms with Gasteiger partial charge in [0.15, 0.2) is 0 Å². The minimum absolute atomic E-state index is 0.0898. The first-order valence-corrected chi connectivity index (χ1v) is 7.60. The first kappa shape index (κ1) is 16.6. The number of nitrogens with zero attached hydrogens (tertiary/aromatic N) is 1. The lowest BCUT2D eigenvalue weighted by molar-refractivity contribution is -0.385. The zero-order chi connectivity index (χ0) is 18.0. The molecule has 0 unspecified atom stereocenters. The van der Waals surface area contributed by atoms with Crippen molar-refractivity contribution >= 4 is 17.5 Å². The minimum atomic E-state index is -1.03. The highest BCUT2D eigenvalue weighted by atomic mass is 16.6. The number of hydrogen-bond acceptors (Lipinski definition) is 5. The largest absolute Gasteiger partial charge is 0.338 e. The third-order valence-electron chi connectivity index (χ3n) is 4.25. The Morgan fingerprint density at radius 2 is 1.92 bits per heavy atom. The maximum Gasteiger partial charge on any atom is 0.269 e. The van der Waals surface area contributed by atoms with Gasteiger partial charge in [0.25, 0.3) is 17.5 Å². The molecule has 0 spiro atoms. The van der Waals surface area contributed by atoms with E-state index < -0.39 is 28.3 Å². The van der Waals surface area contributed by atoms with Crippen molar-refractivity contribution in [3.8, 4) is 0 Å². The van der Waals surface area contributed by atoms with Gasteiger partial charge in [-0.15, -0.1) is 0 Å². The smallest absolute Gasteiger partial charge is 0.269 e. The molecule has 0 bridgehead atoms. The number of carbonyl (C=O) groups excluding carboxylic acids is 2. The van der Waals surface area contributed by atoms with Crippen LogP contribution in [0.4, 0.5) is 5.69 Å². The number of benzene rings is 2. The summed E-state index contributed by atoms with van der Waals surface area (Å²) in [6.07, 6.45) is 0. The van der Waals surface area contributed by atoms with E-state index in [9.17, 15) is 19.7 Å². The number of hydrazine groups is 1. The van der Waals surface area contributed by atoms with Crippen molar-refractivity contribution in [2.24, 2.45) is 0 Å². The molecule has 2 aromatic rings. The van der Waals surface area contributed by atoms with Gasteiger partial charge in [-0.2, -0.15) is 0 Å². The molecule has 3 N–H and O–H groups in total. The van der Waals surface area contributed by atoms with E-state index in [1.807, 2.05) is 0 Å². The third-order valence-corrected chi connectivity index (χ3v) is 4.25. The highest BCUT2D eigenvalue weighted by Gasteiger charge is 2.47. The van der Waals surface area contributed by atoms with Gasteiger partial charge in [0, 0.05) is 17.7 Å². The second kappa shape index (κ2) is 6.33. The summed E-state index contributed by atoms with van der Waals surface area (Å²) in [5.41, 5.74) is 5.13. The number of nitro benzene ring substituents is 1. The third kappa shape index (κ3) is 3.07. The standard InChI is InChI=1S/C17H16N4O4/c1-17(12-8-5-9-13(10-12)21(24)25)14(16(23)19-20-17)18-15(22)11-6-3-2-4-7-11/h2-10,14,20H,1H3,(H,18,22)(H,19,23)/t14-,17+/m1/s1. The topological polar surface area (TPSA) is 113 Å². The normalized spacial score (nSPS) is 22.3. The van der Waals surface area contributed by atoms with E-state index in [2.05, 4.69) is 16.2 Å². The number of amides is 2. The summed E-state index contributed by atoms with van der Waals surface area (Å²) in [5.74, 6) is -0.820. The highest BCUT2D eigenvalue weighted by molar-refractivity contribution is 5.98.